The van der Waals surface area contributed by atoms with Gasteiger partial charge in [0.05, 0.1) is 16.1 Å². The van der Waals surface area contributed by atoms with Crippen molar-refractivity contribution < 1.29 is 21.6 Å². The highest BCUT2D eigenvalue weighted by molar-refractivity contribution is 9.10. The van der Waals surface area contributed by atoms with Gasteiger partial charge >= 0.3 is 6.18 Å². The van der Waals surface area contributed by atoms with E-state index in [0.717, 1.165) is 6.07 Å². The van der Waals surface area contributed by atoms with Crippen molar-refractivity contribution in [2.45, 2.75) is 11.1 Å². The van der Waals surface area contributed by atoms with Crippen LogP contribution in [0.15, 0.2) is 21.5 Å². The Kier molecular flexibility index (Phi) is 3.47. The Balaban J connectivity index is 3.59. The Bertz CT molecular complexity index is 529. The van der Waals surface area contributed by atoms with Crippen molar-refractivity contribution in [2.24, 2.45) is 0 Å². The van der Waals surface area contributed by atoms with E-state index in [2.05, 4.69) is 15.9 Å². The fourth-order valence-electron chi connectivity index (χ4n) is 0.968. The lowest BCUT2D eigenvalue weighted by Gasteiger charge is -2.12. The van der Waals surface area contributed by atoms with Crippen LogP contribution in [0.3, 0.4) is 0 Å². The molecule has 16 heavy (non-hydrogen) atoms. The molecule has 0 saturated heterocycles. The fraction of sp³-hybridized carbons (Fsp3) is 0.143. The first kappa shape index (κ1) is 13.6. The quantitative estimate of drug-likeness (QED) is 0.632. The Morgan fingerprint density at radius 1 is 1.31 bits per heavy atom. The zero-order valence-electron chi connectivity index (χ0n) is 7.35. The molecule has 0 unspecified atom stereocenters. The second kappa shape index (κ2) is 4.08. The van der Waals surface area contributed by atoms with E-state index in [0.29, 0.717) is 6.07 Å². The van der Waals surface area contributed by atoms with Crippen LogP contribution >= 0.6 is 26.6 Å². The predicted molar refractivity (Wildman–Crippen MR) is 56.6 cm³/mol. The van der Waals surface area contributed by atoms with Crippen molar-refractivity contribution >= 4 is 41.4 Å². The average molecular weight is 339 g/mol. The van der Waals surface area contributed by atoms with Crippen molar-refractivity contribution in [1.29, 1.82) is 0 Å². The lowest BCUT2D eigenvalue weighted by Crippen LogP contribution is -2.10. The molecule has 9 heteroatoms. The Hall–Kier alpha value is -0.470. The molecule has 0 amide bonds. The van der Waals surface area contributed by atoms with Gasteiger partial charge in [-0.05, 0) is 28.1 Å². The molecule has 0 spiro atoms. The van der Waals surface area contributed by atoms with E-state index < -0.39 is 31.4 Å². The molecule has 0 aromatic heterocycles. The number of rotatable bonds is 1. The monoisotopic (exact) mass is 337 g/mol. The van der Waals surface area contributed by atoms with Gasteiger partial charge in [0.25, 0.3) is 9.05 Å². The first-order chi connectivity index (χ1) is 7.03. The van der Waals surface area contributed by atoms with E-state index in [1.54, 1.807) is 0 Å². The van der Waals surface area contributed by atoms with Gasteiger partial charge in [0.2, 0.25) is 0 Å². The normalized spacial score (nSPS) is 12.8. The van der Waals surface area contributed by atoms with E-state index in [1.165, 1.54) is 0 Å². The first-order valence-electron chi connectivity index (χ1n) is 3.64. The van der Waals surface area contributed by atoms with Gasteiger partial charge in [0.15, 0.2) is 0 Å². The molecule has 0 saturated carbocycles. The van der Waals surface area contributed by atoms with E-state index in [1.807, 2.05) is 0 Å². The number of anilines is 1. The zero-order chi connectivity index (χ0) is 12.7. The number of hydrogen-bond acceptors (Lipinski definition) is 3. The molecule has 1 rings (SSSR count). The summed E-state index contributed by atoms with van der Waals surface area (Å²) in [5.41, 5.74) is 3.34. The molecule has 0 radical (unpaired) electrons. The van der Waals surface area contributed by atoms with E-state index in [9.17, 15) is 21.6 Å². The van der Waals surface area contributed by atoms with Gasteiger partial charge in [-0.3, -0.25) is 0 Å². The average Bonchev–Trinajstić information content (AvgIpc) is 2.05. The van der Waals surface area contributed by atoms with Crippen LogP contribution in [0.5, 0.6) is 0 Å². The van der Waals surface area contributed by atoms with Crippen molar-refractivity contribution in [3.63, 3.8) is 0 Å². The van der Waals surface area contributed by atoms with Crippen LogP contribution in [0.1, 0.15) is 5.56 Å². The number of hydrogen-bond donors (Lipinski definition) is 1. The Morgan fingerprint density at radius 2 is 1.81 bits per heavy atom. The highest BCUT2D eigenvalue weighted by Crippen LogP contribution is 2.39. The second-order valence-corrected chi connectivity index (χ2v) is 6.22. The molecule has 0 aliphatic heterocycles. The molecule has 0 aliphatic carbocycles. The molecule has 0 bridgehead atoms. The zero-order valence-corrected chi connectivity index (χ0v) is 10.5. The summed E-state index contributed by atoms with van der Waals surface area (Å²) in [5, 5.41) is 0. The molecule has 0 atom stereocenters. The van der Waals surface area contributed by atoms with Gasteiger partial charge in [0, 0.05) is 15.2 Å². The van der Waals surface area contributed by atoms with Gasteiger partial charge in [-0.1, -0.05) is 0 Å². The number of halogens is 5. The summed E-state index contributed by atoms with van der Waals surface area (Å²) in [7, 11) is 0.710. The maximum absolute atomic E-state index is 12.5. The van der Waals surface area contributed by atoms with E-state index in [-0.39, 0.29) is 4.47 Å². The predicted octanol–water partition coefficient (Wildman–Crippen LogP) is 2.98. The third kappa shape index (κ3) is 2.80. The molecular formula is C7H4BrClF3NO2S. The summed E-state index contributed by atoms with van der Waals surface area (Å²) in [5.74, 6) is 0. The summed E-state index contributed by atoms with van der Waals surface area (Å²) >= 11 is 2.73. The van der Waals surface area contributed by atoms with Crippen LogP contribution < -0.4 is 5.73 Å². The van der Waals surface area contributed by atoms with Crippen LogP contribution in [0.4, 0.5) is 18.9 Å². The standard InChI is InChI=1S/C7H4BrClF3NO2S/c8-5-2-3(16(9,14)15)1-4(6(5)13)7(10,11)12/h1-2H,13H2. The van der Waals surface area contributed by atoms with Gasteiger partial charge in [-0.15, -0.1) is 0 Å². The molecule has 1 aromatic carbocycles. The van der Waals surface area contributed by atoms with Gasteiger partial charge < -0.3 is 5.73 Å². The maximum atomic E-state index is 12.5. The smallest absolute Gasteiger partial charge is 0.397 e. The minimum Gasteiger partial charge on any atom is -0.397 e. The van der Waals surface area contributed by atoms with Crippen molar-refractivity contribution in [2.75, 3.05) is 5.73 Å². The molecule has 2 N–H and O–H groups in total. The highest BCUT2D eigenvalue weighted by atomic mass is 79.9. The first-order valence-corrected chi connectivity index (χ1v) is 6.74. The number of nitrogen functional groups attached to an aromatic ring is 1. The van der Waals surface area contributed by atoms with Gasteiger partial charge in [0.1, 0.15) is 0 Å². The molecule has 90 valence electrons. The summed E-state index contributed by atoms with van der Waals surface area (Å²) in [6, 6.07) is 1.30. The summed E-state index contributed by atoms with van der Waals surface area (Å²) in [4.78, 5) is -0.664. The van der Waals surface area contributed by atoms with Gasteiger partial charge in [-0.2, -0.15) is 13.2 Å². The summed E-state index contributed by atoms with van der Waals surface area (Å²) < 4.78 is 59.0. The fourth-order valence-corrected chi connectivity index (χ4v) is 2.36. The number of nitrogens with two attached hydrogens (primary N) is 1. The largest absolute Gasteiger partial charge is 0.418 e. The Labute approximate surface area is 102 Å². The molecule has 3 nitrogen and oxygen atoms in total. The number of benzene rings is 1. The molecule has 0 aliphatic rings. The van der Waals surface area contributed by atoms with Crippen LogP contribution in [0.25, 0.3) is 0 Å². The van der Waals surface area contributed by atoms with Crippen molar-refractivity contribution in [3.05, 3.63) is 22.2 Å². The van der Waals surface area contributed by atoms with Crippen molar-refractivity contribution in [3.8, 4) is 0 Å². The molecule has 1 aromatic rings. The van der Waals surface area contributed by atoms with Crippen molar-refractivity contribution in [1.82, 2.24) is 0 Å². The minimum atomic E-state index is -4.75. The highest BCUT2D eigenvalue weighted by Gasteiger charge is 2.35. The van der Waals surface area contributed by atoms with Gasteiger partial charge in [-0.25, -0.2) is 8.42 Å². The third-order valence-corrected chi connectivity index (χ3v) is 3.68. The topological polar surface area (TPSA) is 60.2 Å². The lowest BCUT2D eigenvalue weighted by atomic mass is 10.2. The van der Waals surface area contributed by atoms with Crippen LogP contribution in [-0.4, -0.2) is 8.42 Å². The molecule has 0 heterocycles. The minimum absolute atomic E-state index is 0.179. The second-order valence-electron chi connectivity index (χ2n) is 2.80. The molecule has 0 fully saturated rings. The summed E-state index contributed by atoms with van der Waals surface area (Å²) in [6.07, 6.45) is -4.75. The maximum Gasteiger partial charge on any atom is 0.418 e. The van der Waals surface area contributed by atoms with E-state index >= 15 is 0 Å². The third-order valence-electron chi connectivity index (χ3n) is 1.69. The summed E-state index contributed by atoms with van der Waals surface area (Å²) in [6.45, 7) is 0. The lowest BCUT2D eigenvalue weighted by molar-refractivity contribution is -0.137. The number of alkyl halides is 3. The van der Waals surface area contributed by atoms with Crippen LogP contribution in [0, 0.1) is 0 Å². The molecular weight excluding hydrogens is 334 g/mol. The van der Waals surface area contributed by atoms with Crippen LogP contribution in [-0.2, 0) is 15.2 Å². The van der Waals surface area contributed by atoms with E-state index in [4.69, 9.17) is 16.4 Å². The SMILES string of the molecule is Nc1c(Br)cc(S(=O)(=O)Cl)cc1C(F)(F)F. The van der Waals surface area contributed by atoms with Crippen LogP contribution in [0.2, 0.25) is 0 Å². The Morgan fingerprint density at radius 3 is 2.19 bits per heavy atom.